The number of aromatic carboxylic acids is 1. The third kappa shape index (κ3) is 0.810. The molecule has 0 bridgehead atoms. The SMILES string of the molecule is CC1=Nn2c(nnc2C(=O)O)C1. The second kappa shape index (κ2) is 2.13. The number of nitrogens with zero attached hydrogens (tertiary/aromatic N) is 4. The van der Waals surface area contributed by atoms with Crippen LogP contribution in [-0.4, -0.2) is 31.7 Å². The minimum atomic E-state index is -1.10. The molecule has 0 spiro atoms. The zero-order valence-electron chi connectivity index (χ0n) is 6.35. The lowest BCUT2D eigenvalue weighted by Crippen LogP contribution is -2.05. The lowest BCUT2D eigenvalue weighted by Gasteiger charge is -1.90. The van der Waals surface area contributed by atoms with Crippen LogP contribution in [0.3, 0.4) is 0 Å². The summed E-state index contributed by atoms with van der Waals surface area (Å²) in [5.74, 6) is -0.640. The summed E-state index contributed by atoms with van der Waals surface area (Å²) < 4.78 is 1.26. The van der Waals surface area contributed by atoms with E-state index in [2.05, 4.69) is 15.3 Å². The highest BCUT2D eigenvalue weighted by atomic mass is 16.4. The van der Waals surface area contributed by atoms with Gasteiger partial charge in [-0.05, 0) is 6.92 Å². The van der Waals surface area contributed by atoms with E-state index in [-0.39, 0.29) is 5.82 Å². The summed E-state index contributed by atoms with van der Waals surface area (Å²) in [4.78, 5) is 10.5. The van der Waals surface area contributed by atoms with Crippen molar-refractivity contribution in [2.45, 2.75) is 13.3 Å². The quantitative estimate of drug-likeness (QED) is 0.624. The van der Waals surface area contributed by atoms with E-state index in [1.807, 2.05) is 6.92 Å². The van der Waals surface area contributed by atoms with Crippen LogP contribution in [-0.2, 0) is 6.42 Å². The van der Waals surface area contributed by atoms with E-state index >= 15 is 0 Å². The summed E-state index contributed by atoms with van der Waals surface area (Å²) in [6, 6.07) is 0. The first-order chi connectivity index (χ1) is 5.68. The van der Waals surface area contributed by atoms with Gasteiger partial charge < -0.3 is 5.11 Å². The summed E-state index contributed by atoms with van der Waals surface area (Å²) in [7, 11) is 0. The average molecular weight is 166 g/mol. The van der Waals surface area contributed by atoms with Gasteiger partial charge in [0.15, 0.2) is 5.82 Å². The number of hydrogen-bond donors (Lipinski definition) is 1. The summed E-state index contributed by atoms with van der Waals surface area (Å²) in [6.07, 6.45) is 0.584. The van der Waals surface area contributed by atoms with Gasteiger partial charge in [0, 0.05) is 12.1 Å². The van der Waals surface area contributed by atoms with Gasteiger partial charge in [-0.2, -0.15) is 9.78 Å². The lowest BCUT2D eigenvalue weighted by atomic mass is 10.3. The highest BCUT2D eigenvalue weighted by Crippen LogP contribution is 2.10. The van der Waals surface area contributed by atoms with Crippen molar-refractivity contribution in [1.82, 2.24) is 14.9 Å². The highest BCUT2D eigenvalue weighted by molar-refractivity contribution is 5.88. The van der Waals surface area contributed by atoms with Crippen molar-refractivity contribution >= 4 is 11.7 Å². The molecule has 0 aliphatic carbocycles. The average Bonchev–Trinajstić information content (AvgIpc) is 2.43. The Morgan fingerprint density at radius 3 is 3.00 bits per heavy atom. The first-order valence-corrected chi connectivity index (χ1v) is 3.40. The maximum atomic E-state index is 10.5. The Morgan fingerprint density at radius 1 is 1.58 bits per heavy atom. The van der Waals surface area contributed by atoms with E-state index in [4.69, 9.17) is 5.11 Å². The molecule has 1 aromatic rings. The maximum absolute atomic E-state index is 10.5. The minimum absolute atomic E-state index is 0.123. The van der Waals surface area contributed by atoms with Crippen LogP contribution in [0.5, 0.6) is 0 Å². The van der Waals surface area contributed by atoms with Crippen LogP contribution >= 0.6 is 0 Å². The van der Waals surface area contributed by atoms with Gasteiger partial charge >= 0.3 is 5.97 Å². The molecule has 1 N–H and O–H groups in total. The predicted molar refractivity (Wildman–Crippen MR) is 39.2 cm³/mol. The largest absolute Gasteiger partial charge is 0.475 e. The molecule has 0 saturated heterocycles. The molecule has 0 aromatic carbocycles. The first kappa shape index (κ1) is 6.96. The number of aromatic nitrogens is 3. The molecular weight excluding hydrogens is 160 g/mol. The molecule has 0 radical (unpaired) electrons. The van der Waals surface area contributed by atoms with Crippen LogP contribution in [0.25, 0.3) is 0 Å². The van der Waals surface area contributed by atoms with E-state index in [9.17, 15) is 4.79 Å². The van der Waals surface area contributed by atoms with Crippen LogP contribution in [0.1, 0.15) is 23.4 Å². The van der Waals surface area contributed by atoms with Gasteiger partial charge in [0.1, 0.15) is 0 Å². The molecule has 0 amide bonds. The summed E-state index contributed by atoms with van der Waals surface area (Å²) in [5.41, 5.74) is 0.849. The molecule has 6 heteroatoms. The number of carboxylic acid groups (broad SMARTS) is 1. The van der Waals surface area contributed by atoms with E-state index in [0.717, 1.165) is 5.71 Å². The van der Waals surface area contributed by atoms with Gasteiger partial charge in [-0.3, -0.25) is 0 Å². The monoisotopic (exact) mass is 166 g/mol. The zero-order valence-corrected chi connectivity index (χ0v) is 6.35. The van der Waals surface area contributed by atoms with Crippen molar-refractivity contribution in [3.8, 4) is 0 Å². The second-order valence-electron chi connectivity index (χ2n) is 2.57. The van der Waals surface area contributed by atoms with Gasteiger partial charge in [0.2, 0.25) is 0 Å². The fourth-order valence-corrected chi connectivity index (χ4v) is 1.10. The van der Waals surface area contributed by atoms with Gasteiger partial charge in [-0.25, -0.2) is 4.79 Å². The molecule has 0 fully saturated rings. The van der Waals surface area contributed by atoms with Crippen molar-refractivity contribution in [3.05, 3.63) is 11.6 Å². The standard InChI is InChI=1S/C6H6N4O2/c1-3-2-4-7-8-5(6(11)12)10(4)9-3/h2H2,1H3,(H,11,12). The Bertz CT molecular complexity index is 379. The van der Waals surface area contributed by atoms with E-state index in [1.165, 1.54) is 4.68 Å². The van der Waals surface area contributed by atoms with Crippen molar-refractivity contribution in [1.29, 1.82) is 0 Å². The Labute approximate surface area is 67.5 Å². The number of hydrogen-bond acceptors (Lipinski definition) is 4. The second-order valence-corrected chi connectivity index (χ2v) is 2.57. The number of carbonyl (C=O) groups is 1. The predicted octanol–water partition coefficient (Wildman–Crippen LogP) is -0.244. The molecule has 0 atom stereocenters. The van der Waals surface area contributed by atoms with Crippen molar-refractivity contribution in [2.75, 3.05) is 0 Å². The van der Waals surface area contributed by atoms with E-state index in [1.54, 1.807) is 0 Å². The summed E-state index contributed by atoms with van der Waals surface area (Å²) >= 11 is 0. The fourth-order valence-electron chi connectivity index (χ4n) is 1.10. The Morgan fingerprint density at radius 2 is 2.33 bits per heavy atom. The number of carboxylic acids is 1. The maximum Gasteiger partial charge on any atom is 0.375 e. The van der Waals surface area contributed by atoms with Crippen molar-refractivity contribution in [2.24, 2.45) is 5.10 Å². The van der Waals surface area contributed by atoms with Crippen LogP contribution in [0.2, 0.25) is 0 Å². The van der Waals surface area contributed by atoms with Crippen molar-refractivity contribution in [3.63, 3.8) is 0 Å². The molecule has 0 saturated carbocycles. The van der Waals surface area contributed by atoms with Crippen LogP contribution in [0.15, 0.2) is 5.10 Å². The van der Waals surface area contributed by atoms with E-state index < -0.39 is 5.97 Å². The van der Waals surface area contributed by atoms with Gasteiger partial charge in [-0.1, -0.05) is 0 Å². The number of fused-ring (bicyclic) bond motifs is 1. The fraction of sp³-hybridized carbons (Fsp3) is 0.333. The Hall–Kier alpha value is -1.72. The third-order valence-corrected chi connectivity index (χ3v) is 1.58. The Kier molecular flexibility index (Phi) is 1.24. The lowest BCUT2D eigenvalue weighted by molar-refractivity contribution is 0.0679. The van der Waals surface area contributed by atoms with Gasteiger partial charge in [0.25, 0.3) is 5.82 Å². The molecule has 1 aromatic heterocycles. The topological polar surface area (TPSA) is 80.4 Å². The Balaban J connectivity index is 2.55. The molecule has 62 valence electrons. The smallest absolute Gasteiger partial charge is 0.375 e. The van der Waals surface area contributed by atoms with E-state index in [0.29, 0.717) is 12.2 Å². The van der Waals surface area contributed by atoms with Crippen LogP contribution in [0, 0.1) is 0 Å². The van der Waals surface area contributed by atoms with Crippen molar-refractivity contribution < 1.29 is 9.90 Å². The third-order valence-electron chi connectivity index (χ3n) is 1.58. The normalized spacial score (nSPS) is 14.2. The summed E-state index contributed by atoms with van der Waals surface area (Å²) in [6.45, 7) is 1.82. The molecule has 1 aliphatic heterocycles. The molecule has 0 unspecified atom stereocenters. The minimum Gasteiger partial charge on any atom is -0.475 e. The van der Waals surface area contributed by atoms with Crippen LogP contribution in [0.4, 0.5) is 0 Å². The molecular formula is C6H6N4O2. The molecule has 1 aliphatic rings. The number of rotatable bonds is 1. The van der Waals surface area contributed by atoms with Gasteiger partial charge in [-0.15, -0.1) is 10.2 Å². The molecule has 6 nitrogen and oxygen atoms in total. The van der Waals surface area contributed by atoms with Crippen LogP contribution < -0.4 is 0 Å². The summed E-state index contributed by atoms with van der Waals surface area (Å²) in [5, 5.41) is 19.8. The zero-order chi connectivity index (χ0) is 8.72. The first-order valence-electron chi connectivity index (χ1n) is 3.40. The molecule has 2 heterocycles. The molecule has 12 heavy (non-hydrogen) atoms. The molecule has 2 rings (SSSR count). The van der Waals surface area contributed by atoms with Gasteiger partial charge in [0.05, 0.1) is 0 Å². The highest BCUT2D eigenvalue weighted by Gasteiger charge is 2.22.